The number of hydrogen-bond acceptors (Lipinski definition) is 4. The number of nitrogens with one attached hydrogen (secondary N) is 2. The van der Waals surface area contributed by atoms with Crippen molar-refractivity contribution in [3.63, 3.8) is 0 Å². The molecule has 7 nitrogen and oxygen atoms in total. The van der Waals surface area contributed by atoms with Gasteiger partial charge in [0.05, 0.1) is 5.25 Å². The Kier molecular flexibility index (Phi) is 8.16. The fraction of sp³-hybridized carbons (Fsp3) is 0.619. The standard InChI is InChI=1S/C21H32ClN3O4S/c1-6-19(26)25-9-7-16(8-10-25)30(28,29)24-21(27)23-20-17(13(2)3)11-15(22)12-18(20)14(4)5/h11-14,16H,6-10H2,1-5H3,(H2,23,24,27). The number of hydrogen-bond donors (Lipinski definition) is 2. The molecule has 0 unspecified atom stereocenters. The largest absolute Gasteiger partial charge is 0.343 e. The van der Waals surface area contributed by atoms with Crippen LogP contribution in [-0.4, -0.2) is 43.6 Å². The van der Waals surface area contributed by atoms with E-state index in [2.05, 4.69) is 10.0 Å². The van der Waals surface area contributed by atoms with E-state index in [9.17, 15) is 18.0 Å². The highest BCUT2D eigenvalue weighted by Crippen LogP contribution is 2.35. The second-order valence-electron chi connectivity index (χ2n) is 8.30. The van der Waals surface area contributed by atoms with Gasteiger partial charge in [0, 0.05) is 30.2 Å². The number of carbonyl (C=O) groups is 2. The molecule has 1 aliphatic rings. The molecule has 0 saturated carbocycles. The summed E-state index contributed by atoms with van der Waals surface area (Å²) < 4.78 is 27.6. The van der Waals surface area contributed by atoms with Crippen LogP contribution in [0.2, 0.25) is 5.02 Å². The Labute approximate surface area is 184 Å². The van der Waals surface area contributed by atoms with E-state index in [1.54, 1.807) is 24.0 Å². The predicted molar refractivity (Wildman–Crippen MR) is 121 cm³/mol. The number of piperidine rings is 1. The first-order chi connectivity index (χ1) is 14.0. The predicted octanol–water partition coefficient (Wildman–Crippen LogP) is 4.44. The van der Waals surface area contributed by atoms with E-state index in [4.69, 9.17) is 11.6 Å². The van der Waals surface area contributed by atoms with Crippen LogP contribution in [0.25, 0.3) is 0 Å². The van der Waals surface area contributed by atoms with E-state index >= 15 is 0 Å². The molecule has 1 aromatic rings. The lowest BCUT2D eigenvalue weighted by Crippen LogP contribution is -2.47. The van der Waals surface area contributed by atoms with Crippen molar-refractivity contribution in [2.75, 3.05) is 18.4 Å². The number of amides is 3. The van der Waals surface area contributed by atoms with Crippen molar-refractivity contribution in [3.05, 3.63) is 28.3 Å². The van der Waals surface area contributed by atoms with Gasteiger partial charge < -0.3 is 10.2 Å². The molecule has 9 heteroatoms. The molecule has 1 aliphatic heterocycles. The third kappa shape index (κ3) is 5.88. The minimum absolute atomic E-state index is 0.0155. The van der Waals surface area contributed by atoms with Gasteiger partial charge >= 0.3 is 6.03 Å². The monoisotopic (exact) mass is 457 g/mol. The van der Waals surface area contributed by atoms with Crippen LogP contribution in [0.5, 0.6) is 0 Å². The molecule has 30 heavy (non-hydrogen) atoms. The van der Waals surface area contributed by atoms with Gasteiger partial charge in [0.15, 0.2) is 0 Å². The number of likely N-dealkylation sites (tertiary alicyclic amines) is 1. The molecule has 0 spiro atoms. The van der Waals surface area contributed by atoms with Crippen LogP contribution in [0.1, 0.15) is 76.8 Å². The second-order valence-corrected chi connectivity index (χ2v) is 10.7. The normalized spacial score (nSPS) is 15.5. The van der Waals surface area contributed by atoms with Crippen molar-refractivity contribution < 1.29 is 18.0 Å². The smallest absolute Gasteiger partial charge is 0.332 e. The van der Waals surface area contributed by atoms with E-state index in [1.165, 1.54) is 0 Å². The number of nitrogens with zero attached hydrogens (tertiary/aromatic N) is 1. The molecule has 1 heterocycles. The summed E-state index contributed by atoms with van der Waals surface area (Å²) in [5, 5.41) is 2.62. The molecule has 0 bridgehead atoms. The highest BCUT2D eigenvalue weighted by molar-refractivity contribution is 7.90. The number of anilines is 1. The topological polar surface area (TPSA) is 95.6 Å². The molecule has 0 aromatic heterocycles. The molecular weight excluding hydrogens is 426 g/mol. The van der Waals surface area contributed by atoms with Crippen LogP contribution in [0.3, 0.4) is 0 Å². The zero-order valence-corrected chi connectivity index (χ0v) is 19.9. The maximum atomic E-state index is 12.7. The van der Waals surface area contributed by atoms with E-state index < -0.39 is 21.3 Å². The lowest BCUT2D eigenvalue weighted by Gasteiger charge is -2.31. The van der Waals surface area contributed by atoms with Gasteiger partial charge in [-0.05, 0) is 47.9 Å². The van der Waals surface area contributed by atoms with E-state index in [0.29, 0.717) is 43.1 Å². The molecule has 2 rings (SSSR count). The highest BCUT2D eigenvalue weighted by Gasteiger charge is 2.32. The number of urea groups is 1. The van der Waals surface area contributed by atoms with Crippen molar-refractivity contribution in [1.29, 1.82) is 0 Å². The molecule has 168 valence electrons. The summed E-state index contributed by atoms with van der Waals surface area (Å²) in [5.41, 5.74) is 2.30. The van der Waals surface area contributed by atoms with Crippen molar-refractivity contribution in [1.82, 2.24) is 9.62 Å². The van der Waals surface area contributed by atoms with Gasteiger partial charge in [0.2, 0.25) is 15.9 Å². The third-order valence-electron chi connectivity index (χ3n) is 5.42. The zero-order chi connectivity index (χ0) is 22.6. The summed E-state index contributed by atoms with van der Waals surface area (Å²) in [6.07, 6.45) is 1.02. The van der Waals surface area contributed by atoms with Gasteiger partial charge in [-0.15, -0.1) is 0 Å². The lowest BCUT2D eigenvalue weighted by molar-refractivity contribution is -0.131. The van der Waals surface area contributed by atoms with Gasteiger partial charge in [-0.1, -0.05) is 46.2 Å². The van der Waals surface area contributed by atoms with Gasteiger partial charge in [0.1, 0.15) is 0 Å². The Hall–Kier alpha value is -1.80. The molecule has 1 saturated heterocycles. The van der Waals surface area contributed by atoms with E-state index in [0.717, 1.165) is 11.1 Å². The third-order valence-corrected chi connectivity index (χ3v) is 7.45. The quantitative estimate of drug-likeness (QED) is 0.660. The summed E-state index contributed by atoms with van der Waals surface area (Å²) in [7, 11) is -3.86. The van der Waals surface area contributed by atoms with Crippen molar-refractivity contribution in [3.8, 4) is 0 Å². The van der Waals surface area contributed by atoms with Crippen LogP contribution in [-0.2, 0) is 14.8 Å². The average Bonchev–Trinajstić information content (AvgIpc) is 2.67. The molecule has 2 N–H and O–H groups in total. The van der Waals surface area contributed by atoms with Crippen LogP contribution in [0.15, 0.2) is 12.1 Å². The maximum Gasteiger partial charge on any atom is 0.332 e. The first kappa shape index (κ1) is 24.5. The van der Waals surface area contributed by atoms with Gasteiger partial charge in [-0.3, -0.25) is 4.79 Å². The van der Waals surface area contributed by atoms with Crippen molar-refractivity contribution >= 4 is 39.2 Å². The maximum absolute atomic E-state index is 12.7. The number of benzene rings is 1. The minimum Gasteiger partial charge on any atom is -0.343 e. The summed E-state index contributed by atoms with van der Waals surface area (Å²) >= 11 is 6.25. The molecule has 1 fully saturated rings. The zero-order valence-electron chi connectivity index (χ0n) is 18.3. The second kappa shape index (κ2) is 10.0. The summed E-state index contributed by atoms with van der Waals surface area (Å²) in [5.74, 6) is 0.198. The molecule has 1 aromatic carbocycles. The number of sulfonamides is 1. The SMILES string of the molecule is CCC(=O)N1CCC(S(=O)(=O)NC(=O)Nc2c(C(C)C)cc(Cl)cc2C(C)C)CC1. The Bertz CT molecular complexity index is 863. The van der Waals surface area contributed by atoms with Crippen LogP contribution < -0.4 is 10.0 Å². The fourth-order valence-electron chi connectivity index (χ4n) is 3.70. The van der Waals surface area contributed by atoms with Gasteiger partial charge in [0.25, 0.3) is 0 Å². The van der Waals surface area contributed by atoms with E-state index in [-0.39, 0.29) is 17.7 Å². The van der Waals surface area contributed by atoms with Gasteiger partial charge in [-0.25, -0.2) is 17.9 Å². The summed E-state index contributed by atoms with van der Waals surface area (Å²) in [4.78, 5) is 26.1. The van der Waals surface area contributed by atoms with E-state index in [1.807, 2.05) is 27.7 Å². The fourth-order valence-corrected chi connectivity index (χ4v) is 5.24. The molecule has 0 aliphatic carbocycles. The Morgan fingerprint density at radius 3 is 2.03 bits per heavy atom. The molecule has 0 atom stereocenters. The number of rotatable bonds is 6. The number of carbonyl (C=O) groups excluding carboxylic acids is 2. The van der Waals surface area contributed by atoms with Crippen molar-refractivity contribution in [2.45, 2.75) is 71.0 Å². The Morgan fingerprint density at radius 2 is 1.60 bits per heavy atom. The Balaban J connectivity index is 2.15. The lowest BCUT2D eigenvalue weighted by atomic mass is 9.92. The van der Waals surface area contributed by atoms with Crippen molar-refractivity contribution in [2.24, 2.45) is 0 Å². The summed E-state index contributed by atoms with van der Waals surface area (Å²) in [6, 6.07) is 2.80. The first-order valence-corrected chi connectivity index (χ1v) is 12.3. The van der Waals surface area contributed by atoms with Gasteiger partial charge in [-0.2, -0.15) is 0 Å². The number of halogens is 1. The summed E-state index contributed by atoms with van der Waals surface area (Å²) in [6.45, 7) is 10.5. The van der Waals surface area contributed by atoms with Crippen LogP contribution >= 0.6 is 11.6 Å². The highest BCUT2D eigenvalue weighted by atomic mass is 35.5. The molecule has 0 radical (unpaired) electrons. The molecule has 3 amide bonds. The Morgan fingerprint density at radius 1 is 1.10 bits per heavy atom. The molecular formula is C21H32ClN3O4S. The van der Waals surface area contributed by atoms with Crippen LogP contribution in [0.4, 0.5) is 10.5 Å². The minimum atomic E-state index is -3.86. The van der Waals surface area contributed by atoms with Crippen LogP contribution in [0, 0.1) is 0 Å². The first-order valence-electron chi connectivity index (χ1n) is 10.4. The average molecular weight is 458 g/mol.